The number of hydrogen-bond donors (Lipinski definition) is 2. The van der Waals surface area contributed by atoms with Gasteiger partial charge in [0.05, 0.1) is 37.7 Å². The number of para-hydroxylation sites is 2. The molecule has 4 rings (SSSR count). The zero-order chi connectivity index (χ0) is 29.9. The van der Waals surface area contributed by atoms with E-state index in [2.05, 4.69) is 5.32 Å². The van der Waals surface area contributed by atoms with Crippen LogP contribution >= 0.6 is 0 Å². The fourth-order valence-corrected chi connectivity index (χ4v) is 4.50. The van der Waals surface area contributed by atoms with Gasteiger partial charge in [-0.1, -0.05) is 60.7 Å². The molecule has 4 aromatic carbocycles. The van der Waals surface area contributed by atoms with Crippen molar-refractivity contribution in [2.45, 2.75) is 32.7 Å². The number of carbonyl (C=O) groups is 2. The second-order valence-corrected chi connectivity index (χ2v) is 9.84. The van der Waals surface area contributed by atoms with E-state index in [0.717, 1.165) is 16.8 Å². The average molecular weight is 568 g/mol. The van der Waals surface area contributed by atoms with Gasteiger partial charge in [-0.05, 0) is 61.9 Å². The topological polar surface area (TPSA) is 103 Å². The Labute approximate surface area is 247 Å². The highest BCUT2D eigenvalue weighted by atomic mass is 16.5. The molecule has 8 nitrogen and oxygen atoms in total. The summed E-state index contributed by atoms with van der Waals surface area (Å²) in [5.74, 6) is 0.241. The van der Waals surface area contributed by atoms with Gasteiger partial charge in [0.15, 0.2) is 0 Å². The third-order valence-corrected chi connectivity index (χ3v) is 6.76. The van der Waals surface area contributed by atoms with Crippen molar-refractivity contribution in [1.29, 1.82) is 0 Å². The number of anilines is 2. The first-order chi connectivity index (χ1) is 20.4. The second kappa shape index (κ2) is 14.8. The molecule has 218 valence electrons. The van der Waals surface area contributed by atoms with Gasteiger partial charge in [-0.15, -0.1) is 0 Å². The van der Waals surface area contributed by atoms with Crippen LogP contribution in [0.15, 0.2) is 97.1 Å². The van der Waals surface area contributed by atoms with Crippen LogP contribution in [0.25, 0.3) is 0 Å². The molecule has 0 saturated carbocycles. The molecule has 0 aliphatic carbocycles. The first kappa shape index (κ1) is 30.3. The van der Waals surface area contributed by atoms with Crippen LogP contribution in [0.2, 0.25) is 0 Å². The molecule has 0 spiro atoms. The minimum absolute atomic E-state index is 0.138. The van der Waals surface area contributed by atoms with E-state index in [1.165, 1.54) is 7.11 Å². The number of rotatable bonds is 13. The first-order valence-electron chi connectivity index (χ1n) is 13.8. The molecule has 0 aromatic heterocycles. The summed E-state index contributed by atoms with van der Waals surface area (Å²) in [6.07, 6.45) is 0.528. The van der Waals surface area contributed by atoms with Crippen LogP contribution in [0.4, 0.5) is 11.4 Å². The van der Waals surface area contributed by atoms with Crippen molar-refractivity contribution < 1.29 is 23.8 Å². The molecule has 0 bridgehead atoms. The van der Waals surface area contributed by atoms with E-state index in [1.807, 2.05) is 67.6 Å². The lowest BCUT2D eigenvalue weighted by Crippen LogP contribution is -2.27. The molecule has 42 heavy (non-hydrogen) atoms. The van der Waals surface area contributed by atoms with Crippen LogP contribution in [0.3, 0.4) is 0 Å². The van der Waals surface area contributed by atoms with Gasteiger partial charge in [0.25, 0.3) is 11.8 Å². The summed E-state index contributed by atoms with van der Waals surface area (Å²) in [6, 6.07) is 29.6. The SMILES string of the molecule is COc1cc(C(=O)N(C)c2ccccc2COCc2ccccc2)ccc1NC(=O)c1ccccc1OC(C)CCN. The summed E-state index contributed by atoms with van der Waals surface area (Å²) in [5, 5.41) is 2.89. The third kappa shape index (κ3) is 7.75. The Bertz CT molecular complexity index is 1490. The van der Waals surface area contributed by atoms with E-state index in [1.54, 1.807) is 48.3 Å². The summed E-state index contributed by atoms with van der Waals surface area (Å²) >= 11 is 0. The van der Waals surface area contributed by atoms with Crippen molar-refractivity contribution in [2.24, 2.45) is 5.73 Å². The van der Waals surface area contributed by atoms with Gasteiger partial charge in [0.1, 0.15) is 11.5 Å². The Kier molecular flexibility index (Phi) is 10.7. The van der Waals surface area contributed by atoms with Crippen molar-refractivity contribution in [3.05, 3.63) is 119 Å². The zero-order valence-corrected chi connectivity index (χ0v) is 24.2. The van der Waals surface area contributed by atoms with Crippen LogP contribution in [0.1, 0.15) is 45.2 Å². The Balaban J connectivity index is 1.47. The standard InChI is InChI=1S/C34H37N3O5/c1-24(19-20-35)42-31-16-10-8-14-28(31)33(38)36-29-18-17-26(21-32(29)40-3)34(39)37(2)30-15-9-7-13-27(30)23-41-22-25-11-5-4-6-12-25/h4-18,21,24H,19-20,22-23,35H2,1-3H3,(H,36,38). The molecule has 0 aliphatic heterocycles. The van der Waals surface area contributed by atoms with E-state index in [9.17, 15) is 9.59 Å². The van der Waals surface area contributed by atoms with Crippen LogP contribution < -0.4 is 25.4 Å². The molecule has 4 aromatic rings. The third-order valence-electron chi connectivity index (χ3n) is 6.76. The Hall–Kier alpha value is -4.66. The van der Waals surface area contributed by atoms with Crippen molar-refractivity contribution in [1.82, 2.24) is 0 Å². The molecular formula is C34H37N3O5. The fraction of sp³-hybridized carbons (Fsp3) is 0.235. The van der Waals surface area contributed by atoms with Crippen molar-refractivity contribution >= 4 is 23.2 Å². The maximum Gasteiger partial charge on any atom is 0.259 e. The number of ether oxygens (including phenoxy) is 3. The van der Waals surface area contributed by atoms with Gasteiger partial charge in [0.2, 0.25) is 0 Å². The minimum atomic E-state index is -0.357. The van der Waals surface area contributed by atoms with E-state index < -0.39 is 0 Å². The highest BCUT2D eigenvalue weighted by Gasteiger charge is 2.20. The maximum absolute atomic E-state index is 13.5. The normalized spacial score (nSPS) is 11.4. The molecule has 0 aliphatic rings. The largest absolute Gasteiger partial charge is 0.495 e. The number of nitrogens with two attached hydrogens (primary N) is 1. The lowest BCUT2D eigenvalue weighted by molar-refractivity contribution is 0.0985. The van der Waals surface area contributed by atoms with Crippen LogP contribution in [-0.4, -0.2) is 38.6 Å². The average Bonchev–Trinajstić information content (AvgIpc) is 3.01. The predicted octanol–water partition coefficient (Wildman–Crippen LogP) is 6.06. The molecule has 0 radical (unpaired) electrons. The highest BCUT2D eigenvalue weighted by Crippen LogP contribution is 2.30. The molecule has 0 saturated heterocycles. The Morgan fingerprint density at radius 1 is 0.881 bits per heavy atom. The number of nitrogens with one attached hydrogen (secondary N) is 1. The molecule has 0 fully saturated rings. The molecular weight excluding hydrogens is 530 g/mol. The quantitative estimate of drug-likeness (QED) is 0.204. The lowest BCUT2D eigenvalue weighted by Gasteiger charge is -2.22. The number of methoxy groups -OCH3 is 1. The van der Waals surface area contributed by atoms with Crippen LogP contribution in [-0.2, 0) is 18.0 Å². The summed E-state index contributed by atoms with van der Waals surface area (Å²) < 4.78 is 17.4. The van der Waals surface area contributed by atoms with Crippen LogP contribution in [0, 0.1) is 0 Å². The highest BCUT2D eigenvalue weighted by molar-refractivity contribution is 6.09. The van der Waals surface area contributed by atoms with Crippen molar-refractivity contribution in [2.75, 3.05) is 30.9 Å². The van der Waals surface area contributed by atoms with Crippen molar-refractivity contribution in [3.8, 4) is 11.5 Å². The van der Waals surface area contributed by atoms with E-state index in [-0.39, 0.29) is 17.9 Å². The number of amides is 2. The lowest BCUT2D eigenvalue weighted by atomic mass is 10.1. The summed E-state index contributed by atoms with van der Waals surface area (Å²) in [7, 11) is 3.22. The van der Waals surface area contributed by atoms with Crippen molar-refractivity contribution in [3.63, 3.8) is 0 Å². The van der Waals surface area contributed by atoms with E-state index in [4.69, 9.17) is 19.9 Å². The zero-order valence-electron chi connectivity index (χ0n) is 24.2. The first-order valence-corrected chi connectivity index (χ1v) is 13.8. The molecule has 3 N–H and O–H groups in total. The number of hydrogen-bond acceptors (Lipinski definition) is 6. The molecule has 1 atom stereocenters. The molecule has 0 heterocycles. The number of carbonyl (C=O) groups excluding carboxylic acids is 2. The smallest absolute Gasteiger partial charge is 0.259 e. The minimum Gasteiger partial charge on any atom is -0.495 e. The Morgan fingerprint density at radius 3 is 2.36 bits per heavy atom. The number of benzene rings is 4. The molecule has 1 unspecified atom stereocenters. The maximum atomic E-state index is 13.5. The second-order valence-electron chi connectivity index (χ2n) is 9.84. The molecule has 2 amide bonds. The van der Waals surface area contributed by atoms with Crippen LogP contribution in [0.5, 0.6) is 11.5 Å². The van der Waals surface area contributed by atoms with Gasteiger partial charge in [0, 0.05) is 23.9 Å². The monoisotopic (exact) mass is 567 g/mol. The Morgan fingerprint density at radius 2 is 1.60 bits per heavy atom. The summed E-state index contributed by atoms with van der Waals surface area (Å²) in [4.78, 5) is 28.3. The fourth-order valence-electron chi connectivity index (χ4n) is 4.50. The summed E-state index contributed by atoms with van der Waals surface area (Å²) in [6.45, 7) is 3.22. The van der Waals surface area contributed by atoms with Gasteiger partial charge >= 0.3 is 0 Å². The van der Waals surface area contributed by atoms with E-state index in [0.29, 0.717) is 54.5 Å². The molecule has 8 heteroatoms. The number of nitrogens with zero attached hydrogens (tertiary/aromatic N) is 1. The van der Waals surface area contributed by atoms with Gasteiger partial charge in [-0.2, -0.15) is 0 Å². The predicted molar refractivity (Wildman–Crippen MR) is 165 cm³/mol. The van der Waals surface area contributed by atoms with Gasteiger partial charge < -0.3 is 30.2 Å². The summed E-state index contributed by atoms with van der Waals surface area (Å²) in [5.41, 5.74) is 9.58. The van der Waals surface area contributed by atoms with Gasteiger partial charge in [-0.3, -0.25) is 9.59 Å². The van der Waals surface area contributed by atoms with E-state index >= 15 is 0 Å². The van der Waals surface area contributed by atoms with Gasteiger partial charge in [-0.25, -0.2) is 0 Å².